The van der Waals surface area contributed by atoms with Crippen molar-refractivity contribution in [2.75, 3.05) is 38.6 Å². The Morgan fingerprint density at radius 1 is 1.08 bits per heavy atom. The molecule has 2 spiro atoms. The van der Waals surface area contributed by atoms with Crippen molar-refractivity contribution in [1.82, 2.24) is 0 Å². The van der Waals surface area contributed by atoms with Crippen LogP contribution in [0, 0.1) is 11.3 Å². The Labute approximate surface area is 154 Å². The van der Waals surface area contributed by atoms with Gasteiger partial charge in [-0.05, 0) is 43.1 Å². The summed E-state index contributed by atoms with van der Waals surface area (Å²) in [6, 6.07) is 0. The zero-order chi connectivity index (χ0) is 16.7. The third kappa shape index (κ3) is 2.95. The number of hydrogen-bond donors (Lipinski definition) is 0. The molecule has 2 aliphatic carbocycles. The van der Waals surface area contributed by atoms with Gasteiger partial charge in [0.15, 0.2) is 5.79 Å². The topological polar surface area (TPSA) is 36.9 Å². The molecule has 1 unspecified atom stereocenters. The molecule has 6 heteroatoms. The maximum absolute atomic E-state index is 6.19. The van der Waals surface area contributed by atoms with E-state index in [-0.39, 0.29) is 17.3 Å². The van der Waals surface area contributed by atoms with Crippen LogP contribution in [-0.4, -0.2) is 54.6 Å². The molecule has 0 radical (unpaired) electrons. The molecule has 0 bridgehead atoms. The first-order valence-corrected chi connectivity index (χ1v) is 11.3. The summed E-state index contributed by atoms with van der Waals surface area (Å²) in [6.07, 6.45) is 7.14. The van der Waals surface area contributed by atoms with Gasteiger partial charge in [-0.1, -0.05) is 6.92 Å². The minimum atomic E-state index is -0.359. The van der Waals surface area contributed by atoms with E-state index in [1.165, 1.54) is 30.8 Å². The van der Waals surface area contributed by atoms with Crippen LogP contribution in [0.5, 0.6) is 0 Å². The fourth-order valence-electron chi connectivity index (χ4n) is 5.49. The molecule has 2 saturated carbocycles. The molecule has 0 aromatic heterocycles. The van der Waals surface area contributed by atoms with Gasteiger partial charge in [-0.25, -0.2) is 0 Å². The molecule has 3 atom stereocenters. The molecule has 2 saturated heterocycles. The van der Waals surface area contributed by atoms with Crippen LogP contribution in [0.3, 0.4) is 0 Å². The number of ether oxygens (including phenoxy) is 4. The van der Waals surface area contributed by atoms with Crippen molar-refractivity contribution >= 4 is 23.5 Å². The Hall–Kier alpha value is 0.540. The van der Waals surface area contributed by atoms with Crippen LogP contribution in [0.4, 0.5) is 0 Å². The third-order valence-electron chi connectivity index (χ3n) is 6.46. The molecule has 0 aromatic rings. The zero-order valence-corrected chi connectivity index (χ0v) is 16.5. The summed E-state index contributed by atoms with van der Waals surface area (Å²) >= 11 is 4.44. The molecule has 138 valence electrons. The van der Waals surface area contributed by atoms with Crippen molar-refractivity contribution in [1.29, 1.82) is 0 Å². The fourth-order valence-corrected chi connectivity index (χ4v) is 9.47. The van der Waals surface area contributed by atoms with E-state index in [9.17, 15) is 0 Å². The molecule has 2 aliphatic heterocycles. The number of thioether (sulfide) groups is 2. The lowest BCUT2D eigenvalue weighted by atomic mass is 9.57. The Kier molecular flexibility index (Phi) is 5.18. The van der Waals surface area contributed by atoms with Crippen molar-refractivity contribution in [3.63, 3.8) is 0 Å². The van der Waals surface area contributed by atoms with Gasteiger partial charge >= 0.3 is 0 Å². The van der Waals surface area contributed by atoms with Crippen molar-refractivity contribution in [2.45, 2.75) is 61.4 Å². The van der Waals surface area contributed by atoms with Gasteiger partial charge in [-0.2, -0.15) is 0 Å². The van der Waals surface area contributed by atoms with Gasteiger partial charge in [0.25, 0.3) is 0 Å². The van der Waals surface area contributed by atoms with E-state index in [1.807, 2.05) is 0 Å². The maximum Gasteiger partial charge on any atom is 0.169 e. The lowest BCUT2D eigenvalue weighted by molar-refractivity contribution is -0.246. The van der Waals surface area contributed by atoms with Gasteiger partial charge in [0.05, 0.1) is 23.4 Å². The average molecular weight is 375 g/mol. The Morgan fingerprint density at radius 3 is 2.54 bits per heavy atom. The van der Waals surface area contributed by atoms with Gasteiger partial charge in [0.1, 0.15) is 6.79 Å². The summed E-state index contributed by atoms with van der Waals surface area (Å²) < 4.78 is 24.0. The molecular weight excluding hydrogens is 344 g/mol. The summed E-state index contributed by atoms with van der Waals surface area (Å²) in [4.78, 5) is 0. The summed E-state index contributed by atoms with van der Waals surface area (Å²) in [7, 11) is 1.71. The number of fused-ring (bicyclic) bond motifs is 2. The van der Waals surface area contributed by atoms with Crippen LogP contribution in [0.25, 0.3) is 0 Å². The van der Waals surface area contributed by atoms with Crippen LogP contribution in [0.15, 0.2) is 0 Å². The lowest BCUT2D eigenvalue weighted by Crippen LogP contribution is -2.60. The first-order chi connectivity index (χ1) is 11.6. The molecular formula is C18H30O4S2. The molecule has 0 N–H and O–H groups in total. The van der Waals surface area contributed by atoms with E-state index in [2.05, 4.69) is 30.4 Å². The van der Waals surface area contributed by atoms with Gasteiger partial charge in [0.2, 0.25) is 0 Å². The minimum absolute atomic E-state index is 0.0940. The highest BCUT2D eigenvalue weighted by Crippen LogP contribution is 2.66. The first-order valence-electron chi connectivity index (χ1n) is 9.29. The van der Waals surface area contributed by atoms with E-state index in [0.29, 0.717) is 16.8 Å². The molecule has 0 aromatic carbocycles. The highest BCUT2D eigenvalue weighted by molar-refractivity contribution is 8.18. The predicted octanol–water partition coefficient (Wildman–Crippen LogP) is 3.89. The Morgan fingerprint density at radius 2 is 1.83 bits per heavy atom. The van der Waals surface area contributed by atoms with E-state index in [4.69, 9.17) is 18.9 Å². The highest BCUT2D eigenvalue weighted by Gasteiger charge is 2.63. The van der Waals surface area contributed by atoms with Crippen LogP contribution in [0.1, 0.15) is 45.4 Å². The minimum Gasteiger partial charge on any atom is -0.359 e. The molecule has 0 amide bonds. The molecule has 2 heterocycles. The third-order valence-corrected chi connectivity index (χ3v) is 10.1. The highest BCUT2D eigenvalue weighted by atomic mass is 32.2. The average Bonchev–Trinajstić information content (AvgIpc) is 3.02. The second-order valence-corrected chi connectivity index (χ2v) is 11.0. The largest absolute Gasteiger partial charge is 0.359 e. The molecule has 4 nitrogen and oxygen atoms in total. The summed E-state index contributed by atoms with van der Waals surface area (Å²) in [6.45, 7) is 4.29. The Bertz CT molecular complexity index is 448. The van der Waals surface area contributed by atoms with Crippen LogP contribution in [-0.2, 0) is 18.9 Å². The van der Waals surface area contributed by atoms with E-state index >= 15 is 0 Å². The SMILES string of the molecule is COCO[C@H]1CCC2(SCCCS2)C2CCC3(C[C@]21C)OCCO3. The summed E-state index contributed by atoms with van der Waals surface area (Å²) in [5.74, 6) is 2.92. The molecule has 24 heavy (non-hydrogen) atoms. The van der Waals surface area contributed by atoms with Crippen molar-refractivity contribution in [3.8, 4) is 0 Å². The van der Waals surface area contributed by atoms with E-state index in [1.54, 1.807) is 7.11 Å². The quantitative estimate of drug-likeness (QED) is 0.698. The monoisotopic (exact) mass is 374 g/mol. The fraction of sp³-hybridized carbons (Fsp3) is 1.00. The summed E-state index contributed by atoms with van der Waals surface area (Å²) in [5.41, 5.74) is 0.0940. The van der Waals surface area contributed by atoms with Gasteiger partial charge < -0.3 is 18.9 Å². The van der Waals surface area contributed by atoms with Crippen LogP contribution < -0.4 is 0 Å². The van der Waals surface area contributed by atoms with Gasteiger partial charge in [-0.3, -0.25) is 0 Å². The first kappa shape index (κ1) is 17.9. The Balaban J connectivity index is 1.62. The van der Waals surface area contributed by atoms with Crippen LogP contribution >= 0.6 is 23.5 Å². The maximum atomic E-state index is 6.19. The second-order valence-electron chi connectivity index (χ2n) is 7.84. The normalized spacial score (nSPS) is 40.8. The number of rotatable bonds is 3. The predicted molar refractivity (Wildman–Crippen MR) is 98.3 cm³/mol. The van der Waals surface area contributed by atoms with Crippen molar-refractivity contribution < 1.29 is 18.9 Å². The van der Waals surface area contributed by atoms with Gasteiger partial charge in [-0.15, -0.1) is 23.5 Å². The number of methoxy groups -OCH3 is 1. The molecule has 4 rings (SSSR count). The second kappa shape index (κ2) is 6.93. The van der Waals surface area contributed by atoms with E-state index < -0.39 is 0 Å². The lowest BCUT2D eigenvalue weighted by Gasteiger charge is -2.61. The van der Waals surface area contributed by atoms with Crippen LogP contribution in [0.2, 0.25) is 0 Å². The van der Waals surface area contributed by atoms with E-state index in [0.717, 1.165) is 32.5 Å². The van der Waals surface area contributed by atoms with Crippen molar-refractivity contribution in [2.24, 2.45) is 11.3 Å². The van der Waals surface area contributed by atoms with Gasteiger partial charge in [0, 0.05) is 25.4 Å². The zero-order valence-electron chi connectivity index (χ0n) is 14.9. The molecule has 4 aliphatic rings. The standard InChI is InChI=1S/C18H30O4S2/c1-16-12-17(21-8-9-22-17)6-4-14(16)18(23-10-3-11-24-18)7-5-15(16)20-13-19-2/h14-15H,3-13H2,1-2H3/t14?,15-,16+/m0/s1. The number of hydrogen-bond acceptors (Lipinski definition) is 6. The van der Waals surface area contributed by atoms with Crippen molar-refractivity contribution in [3.05, 3.63) is 0 Å². The smallest absolute Gasteiger partial charge is 0.169 e. The molecule has 4 fully saturated rings. The summed E-state index contributed by atoms with van der Waals surface area (Å²) in [5, 5.41) is 0.